The lowest BCUT2D eigenvalue weighted by Crippen LogP contribution is -2.36. The average molecular weight is 372 g/mol. The van der Waals surface area contributed by atoms with Crippen molar-refractivity contribution in [1.29, 1.82) is 0 Å². The number of halogens is 1. The number of carboxylic acid groups (broad SMARTS) is 1. The Morgan fingerprint density at radius 2 is 2.08 bits per heavy atom. The van der Waals surface area contributed by atoms with E-state index in [9.17, 15) is 14.3 Å². The molecule has 1 saturated heterocycles. The molecule has 1 fully saturated rings. The Kier molecular flexibility index (Phi) is 4.57. The molecule has 0 bridgehead atoms. The lowest BCUT2D eigenvalue weighted by atomic mass is 10.0. The number of rotatable bonds is 4. The minimum atomic E-state index is -0.969. The van der Waals surface area contributed by atoms with Gasteiger partial charge in [-0.15, -0.1) is 0 Å². The molecule has 0 spiro atoms. The Morgan fingerprint density at radius 3 is 2.85 bits per heavy atom. The summed E-state index contributed by atoms with van der Waals surface area (Å²) in [5.74, 6) is -1.23. The van der Waals surface area contributed by atoms with E-state index < -0.39 is 5.97 Å². The first-order valence-corrected chi connectivity index (χ1v) is 9.16. The maximum absolute atomic E-state index is 13.8. The first-order valence-electron chi connectivity index (χ1n) is 8.34. The quantitative estimate of drug-likeness (QED) is 0.759. The predicted octanol–water partition coefficient (Wildman–Crippen LogP) is 3.56. The Bertz CT molecular complexity index is 967. The average Bonchev–Trinajstić information content (AvgIpc) is 3.07. The van der Waals surface area contributed by atoms with Crippen molar-refractivity contribution in [2.24, 2.45) is 0 Å². The van der Waals surface area contributed by atoms with Crippen LogP contribution in [0.4, 0.5) is 9.52 Å². The Balaban J connectivity index is 1.66. The van der Waals surface area contributed by atoms with E-state index in [1.54, 1.807) is 12.1 Å². The van der Waals surface area contributed by atoms with Gasteiger partial charge >= 0.3 is 5.97 Å². The van der Waals surface area contributed by atoms with Gasteiger partial charge in [-0.25, -0.2) is 14.2 Å². The molecular weight excluding hydrogens is 355 g/mol. The number of carboxylic acids is 1. The summed E-state index contributed by atoms with van der Waals surface area (Å²) in [6.07, 6.45) is 0.398. The maximum atomic E-state index is 13.8. The molecule has 1 aliphatic rings. The predicted molar refractivity (Wildman–Crippen MR) is 98.8 cm³/mol. The monoisotopic (exact) mass is 372 g/mol. The molecule has 5 nitrogen and oxygen atoms in total. The summed E-state index contributed by atoms with van der Waals surface area (Å²) in [7, 11) is 0. The molecule has 0 aliphatic carbocycles. The van der Waals surface area contributed by atoms with Crippen molar-refractivity contribution in [2.45, 2.75) is 6.42 Å². The third-order valence-corrected chi connectivity index (χ3v) is 5.57. The lowest BCUT2D eigenvalue weighted by molar-refractivity contribution is 0.0701. The van der Waals surface area contributed by atoms with Crippen LogP contribution in [0.2, 0.25) is 0 Å². The zero-order chi connectivity index (χ0) is 18.1. The topological polar surface area (TPSA) is 62.7 Å². The Labute approximate surface area is 153 Å². The van der Waals surface area contributed by atoms with Crippen LogP contribution >= 0.6 is 11.3 Å². The number of aromatic carboxylic acids is 1. The zero-order valence-corrected chi connectivity index (χ0v) is 14.8. The number of morpholine rings is 1. The number of hydrogen-bond acceptors (Lipinski definition) is 5. The van der Waals surface area contributed by atoms with Crippen molar-refractivity contribution in [3.05, 3.63) is 58.3 Å². The van der Waals surface area contributed by atoms with Crippen LogP contribution in [0.5, 0.6) is 0 Å². The van der Waals surface area contributed by atoms with E-state index in [4.69, 9.17) is 4.74 Å². The normalized spacial score (nSPS) is 14.7. The number of hydrogen-bond donors (Lipinski definition) is 1. The molecule has 4 rings (SSSR count). The number of fused-ring (bicyclic) bond motifs is 1. The fourth-order valence-corrected chi connectivity index (χ4v) is 4.09. The van der Waals surface area contributed by atoms with E-state index in [-0.39, 0.29) is 10.7 Å². The summed E-state index contributed by atoms with van der Waals surface area (Å²) in [6, 6.07) is 10.4. The van der Waals surface area contributed by atoms with Gasteiger partial charge in [0.15, 0.2) is 5.13 Å². The summed E-state index contributed by atoms with van der Waals surface area (Å²) in [5.41, 5.74) is 1.45. The van der Waals surface area contributed by atoms with E-state index in [2.05, 4.69) is 9.88 Å². The highest BCUT2D eigenvalue weighted by molar-refractivity contribution is 7.17. The van der Waals surface area contributed by atoms with Gasteiger partial charge in [0.2, 0.25) is 0 Å². The molecule has 0 radical (unpaired) electrons. The van der Waals surface area contributed by atoms with Gasteiger partial charge in [0.25, 0.3) is 0 Å². The number of carbonyl (C=O) groups is 1. The number of benzene rings is 2. The maximum Gasteiger partial charge on any atom is 0.347 e. The number of thiazole rings is 1. The second kappa shape index (κ2) is 7.01. The molecule has 1 N–H and O–H groups in total. The number of anilines is 1. The molecular formula is C19H17FN2O3S. The third kappa shape index (κ3) is 3.27. The number of nitrogens with zero attached hydrogens (tertiary/aromatic N) is 2. The SMILES string of the molecule is O=C(O)c1sc(N2CCOCC2)nc1Cc1ccc2c(F)cccc2c1. The van der Waals surface area contributed by atoms with Gasteiger partial charge in [-0.1, -0.05) is 41.7 Å². The lowest BCUT2D eigenvalue weighted by Gasteiger charge is -2.26. The van der Waals surface area contributed by atoms with Crippen LogP contribution in [0.25, 0.3) is 10.8 Å². The number of ether oxygens (including phenoxy) is 1. The molecule has 3 aromatic rings. The molecule has 7 heteroatoms. The zero-order valence-electron chi connectivity index (χ0n) is 13.9. The van der Waals surface area contributed by atoms with Crippen molar-refractivity contribution < 1.29 is 19.0 Å². The molecule has 0 unspecified atom stereocenters. The molecule has 0 amide bonds. The van der Waals surface area contributed by atoms with Crippen molar-refractivity contribution in [2.75, 3.05) is 31.2 Å². The van der Waals surface area contributed by atoms with Crippen LogP contribution in [-0.4, -0.2) is 42.4 Å². The molecule has 2 heterocycles. The minimum absolute atomic E-state index is 0.255. The fraction of sp³-hybridized carbons (Fsp3) is 0.263. The summed E-state index contributed by atoms with van der Waals surface area (Å²) < 4.78 is 19.2. The van der Waals surface area contributed by atoms with Gasteiger partial charge in [0.05, 0.1) is 18.9 Å². The van der Waals surface area contributed by atoms with Crippen molar-refractivity contribution in [3.63, 3.8) is 0 Å². The van der Waals surface area contributed by atoms with Gasteiger partial charge in [0, 0.05) is 24.9 Å². The van der Waals surface area contributed by atoms with Crippen molar-refractivity contribution in [3.8, 4) is 0 Å². The molecule has 0 saturated carbocycles. The highest BCUT2D eigenvalue weighted by Gasteiger charge is 2.22. The standard InChI is InChI=1S/C19H17FN2O3S/c20-15-3-1-2-13-10-12(4-5-14(13)15)11-16-17(18(23)24)26-19(21-16)22-6-8-25-9-7-22/h1-5,10H,6-9,11H2,(H,23,24). The van der Waals surface area contributed by atoms with Gasteiger partial charge < -0.3 is 14.7 Å². The summed E-state index contributed by atoms with van der Waals surface area (Å²) in [5, 5.41) is 11.6. The molecule has 26 heavy (non-hydrogen) atoms. The van der Waals surface area contributed by atoms with Gasteiger partial charge in [-0.3, -0.25) is 0 Å². The van der Waals surface area contributed by atoms with Gasteiger partial charge in [0.1, 0.15) is 10.7 Å². The van der Waals surface area contributed by atoms with Crippen LogP contribution in [0, 0.1) is 5.82 Å². The van der Waals surface area contributed by atoms with Crippen molar-refractivity contribution in [1.82, 2.24) is 4.98 Å². The second-order valence-corrected chi connectivity index (χ2v) is 7.13. The molecule has 2 aromatic carbocycles. The highest BCUT2D eigenvalue weighted by atomic mass is 32.1. The first kappa shape index (κ1) is 16.9. The molecule has 134 valence electrons. The van der Waals surface area contributed by atoms with Crippen LogP contribution < -0.4 is 4.90 Å². The van der Waals surface area contributed by atoms with Crippen LogP contribution in [-0.2, 0) is 11.2 Å². The second-order valence-electron chi connectivity index (χ2n) is 6.15. The van der Waals surface area contributed by atoms with E-state index in [0.717, 1.165) is 10.9 Å². The molecule has 1 aromatic heterocycles. The largest absolute Gasteiger partial charge is 0.477 e. The third-order valence-electron chi connectivity index (χ3n) is 4.43. The van der Waals surface area contributed by atoms with E-state index in [1.807, 2.05) is 18.2 Å². The molecule has 0 atom stereocenters. The van der Waals surface area contributed by atoms with Crippen LogP contribution in [0.3, 0.4) is 0 Å². The summed E-state index contributed by atoms with van der Waals surface area (Å²) in [4.78, 5) is 18.5. The first-order chi connectivity index (χ1) is 12.6. The number of aromatic nitrogens is 1. The minimum Gasteiger partial charge on any atom is -0.477 e. The van der Waals surface area contributed by atoms with E-state index >= 15 is 0 Å². The Hall–Kier alpha value is -2.51. The van der Waals surface area contributed by atoms with Crippen LogP contribution in [0.15, 0.2) is 36.4 Å². The van der Waals surface area contributed by atoms with Gasteiger partial charge in [-0.05, 0) is 17.0 Å². The molecule has 1 aliphatic heterocycles. The smallest absolute Gasteiger partial charge is 0.347 e. The van der Waals surface area contributed by atoms with Crippen LogP contribution in [0.1, 0.15) is 20.9 Å². The summed E-state index contributed by atoms with van der Waals surface area (Å²) >= 11 is 1.20. The fourth-order valence-electron chi connectivity index (χ4n) is 3.11. The van der Waals surface area contributed by atoms with Crippen molar-refractivity contribution >= 4 is 33.2 Å². The summed E-state index contributed by atoms with van der Waals surface area (Å²) in [6.45, 7) is 2.66. The highest BCUT2D eigenvalue weighted by Crippen LogP contribution is 2.29. The van der Waals surface area contributed by atoms with E-state index in [1.165, 1.54) is 17.4 Å². The van der Waals surface area contributed by atoms with Gasteiger partial charge in [-0.2, -0.15) is 0 Å². The Morgan fingerprint density at radius 1 is 1.27 bits per heavy atom. The van der Waals surface area contributed by atoms with E-state index in [0.29, 0.717) is 48.9 Å².